The molecule has 1 atom stereocenters. The number of para-hydroxylation sites is 1. The van der Waals surface area contributed by atoms with Crippen LogP contribution in [0.5, 0.6) is 0 Å². The number of thioether (sulfide) groups is 1. The second-order valence-corrected chi connectivity index (χ2v) is 9.19. The predicted molar refractivity (Wildman–Crippen MR) is 133 cm³/mol. The normalized spacial score (nSPS) is 16.9. The number of carbonyl (C=O) groups excluding carboxylic acids is 2. The van der Waals surface area contributed by atoms with Gasteiger partial charge < -0.3 is 5.32 Å². The Bertz CT molecular complexity index is 1270. The Morgan fingerprint density at radius 2 is 1.67 bits per heavy atom. The van der Waals surface area contributed by atoms with Crippen LogP contribution in [-0.4, -0.2) is 17.1 Å². The third-order valence-corrected chi connectivity index (χ3v) is 6.96. The number of nitriles is 1. The first kappa shape index (κ1) is 22.9. The summed E-state index contributed by atoms with van der Waals surface area (Å²) < 4.78 is 0. The summed E-state index contributed by atoms with van der Waals surface area (Å²) in [5.41, 5.74) is 1.83. The van der Waals surface area contributed by atoms with E-state index in [2.05, 4.69) is 5.32 Å². The van der Waals surface area contributed by atoms with E-state index in [0.29, 0.717) is 27.8 Å². The van der Waals surface area contributed by atoms with E-state index in [4.69, 9.17) is 23.2 Å². The highest BCUT2D eigenvalue weighted by atomic mass is 35.5. The number of carbonyl (C=O) groups is 2. The number of hydrogen-bond acceptors (Lipinski definition) is 4. The average molecular weight is 494 g/mol. The van der Waals surface area contributed by atoms with Gasteiger partial charge in [0.15, 0.2) is 0 Å². The Morgan fingerprint density at radius 3 is 2.30 bits per heavy atom. The summed E-state index contributed by atoms with van der Waals surface area (Å²) in [6, 6.07) is 25.3. The van der Waals surface area contributed by atoms with Crippen molar-refractivity contribution in [3.05, 3.63) is 105 Å². The fourth-order valence-electron chi connectivity index (χ4n) is 3.39. The lowest BCUT2D eigenvalue weighted by Gasteiger charge is -2.18. The molecule has 0 aromatic heterocycles. The van der Waals surface area contributed by atoms with E-state index in [-0.39, 0.29) is 16.5 Å². The van der Waals surface area contributed by atoms with Gasteiger partial charge in [0, 0.05) is 11.4 Å². The number of amides is 2. The van der Waals surface area contributed by atoms with Crippen LogP contribution in [0.4, 0.5) is 11.4 Å². The topological polar surface area (TPSA) is 73.2 Å². The maximum absolute atomic E-state index is 13.4. The van der Waals surface area contributed by atoms with Crippen LogP contribution in [0, 0.1) is 11.3 Å². The molecule has 5 nitrogen and oxygen atoms in total. The number of benzene rings is 3. The smallest absolute Gasteiger partial charge is 0.269 e. The first-order valence-electron chi connectivity index (χ1n) is 9.98. The van der Waals surface area contributed by atoms with Crippen LogP contribution in [0.3, 0.4) is 0 Å². The zero-order valence-electron chi connectivity index (χ0n) is 17.2. The molecule has 0 radical (unpaired) electrons. The first-order valence-corrected chi connectivity index (χ1v) is 11.6. The van der Waals surface area contributed by atoms with E-state index >= 15 is 0 Å². The van der Waals surface area contributed by atoms with Crippen LogP contribution >= 0.6 is 35.0 Å². The monoisotopic (exact) mass is 493 g/mol. The fourth-order valence-corrected chi connectivity index (χ4v) is 5.00. The number of nitrogens with one attached hydrogen (secondary N) is 1. The van der Waals surface area contributed by atoms with E-state index in [1.54, 1.807) is 36.4 Å². The van der Waals surface area contributed by atoms with Crippen molar-refractivity contribution in [1.29, 1.82) is 5.26 Å². The van der Waals surface area contributed by atoms with Crippen molar-refractivity contribution >= 4 is 58.2 Å². The number of hydrogen-bond donors (Lipinski definition) is 1. The van der Waals surface area contributed by atoms with Crippen molar-refractivity contribution in [2.75, 3.05) is 10.2 Å². The SMILES string of the molecule is N#C/C(C(=O)Nc1ccc(Cl)c(Cl)c1)=C1/SC(Cc2ccccc2)C(=O)N1c1ccccc1. The van der Waals surface area contributed by atoms with Gasteiger partial charge in [-0.05, 0) is 42.3 Å². The van der Waals surface area contributed by atoms with Crippen LogP contribution in [0.25, 0.3) is 0 Å². The summed E-state index contributed by atoms with van der Waals surface area (Å²) in [6.45, 7) is 0. The second kappa shape index (κ2) is 10.1. The van der Waals surface area contributed by atoms with Gasteiger partial charge in [0.25, 0.3) is 5.91 Å². The molecule has 1 saturated heterocycles. The van der Waals surface area contributed by atoms with Gasteiger partial charge in [-0.2, -0.15) is 5.26 Å². The van der Waals surface area contributed by atoms with Gasteiger partial charge in [-0.15, -0.1) is 0 Å². The molecule has 2 amide bonds. The molecule has 1 fully saturated rings. The van der Waals surface area contributed by atoms with E-state index < -0.39 is 11.2 Å². The molecule has 1 aliphatic heterocycles. The molecule has 3 aromatic rings. The minimum atomic E-state index is -0.632. The van der Waals surface area contributed by atoms with E-state index in [0.717, 1.165) is 5.56 Å². The van der Waals surface area contributed by atoms with E-state index in [1.165, 1.54) is 22.7 Å². The van der Waals surface area contributed by atoms with Gasteiger partial charge in [-0.3, -0.25) is 14.5 Å². The fraction of sp³-hybridized carbons (Fsp3) is 0.0800. The molecule has 1 aliphatic rings. The van der Waals surface area contributed by atoms with E-state index in [1.807, 2.05) is 42.5 Å². The van der Waals surface area contributed by atoms with Crippen molar-refractivity contribution in [2.45, 2.75) is 11.7 Å². The van der Waals surface area contributed by atoms with Crippen molar-refractivity contribution in [3.8, 4) is 6.07 Å². The van der Waals surface area contributed by atoms with Crippen LogP contribution in [0.2, 0.25) is 10.0 Å². The van der Waals surface area contributed by atoms with Gasteiger partial charge in [0.05, 0.1) is 15.3 Å². The Kier molecular flexibility index (Phi) is 7.05. The summed E-state index contributed by atoms with van der Waals surface area (Å²) in [4.78, 5) is 27.9. The molecule has 0 aliphatic carbocycles. The lowest BCUT2D eigenvalue weighted by molar-refractivity contribution is -0.117. The van der Waals surface area contributed by atoms with Crippen LogP contribution in [-0.2, 0) is 16.0 Å². The van der Waals surface area contributed by atoms with Crippen molar-refractivity contribution in [3.63, 3.8) is 0 Å². The molecule has 0 spiro atoms. The molecule has 4 rings (SSSR count). The molecule has 8 heteroatoms. The molecular formula is C25H17Cl2N3O2S. The zero-order chi connectivity index (χ0) is 23.4. The number of anilines is 2. The highest BCUT2D eigenvalue weighted by Crippen LogP contribution is 2.42. The van der Waals surface area contributed by atoms with Gasteiger partial charge in [0.1, 0.15) is 16.7 Å². The minimum Gasteiger partial charge on any atom is -0.321 e. The molecular weight excluding hydrogens is 477 g/mol. The van der Waals surface area contributed by atoms with Crippen molar-refractivity contribution in [2.24, 2.45) is 0 Å². The lowest BCUT2D eigenvalue weighted by Crippen LogP contribution is -2.30. The Hall–Kier alpha value is -3.24. The summed E-state index contributed by atoms with van der Waals surface area (Å²) >= 11 is 13.2. The minimum absolute atomic E-state index is 0.154. The molecule has 1 unspecified atom stereocenters. The van der Waals surface area contributed by atoms with Gasteiger partial charge in [0.2, 0.25) is 5.91 Å². The summed E-state index contributed by atoms with van der Waals surface area (Å²) in [6.07, 6.45) is 0.476. The maximum Gasteiger partial charge on any atom is 0.269 e. The number of nitrogens with zero attached hydrogens (tertiary/aromatic N) is 2. The Morgan fingerprint density at radius 1 is 1.00 bits per heavy atom. The second-order valence-electron chi connectivity index (χ2n) is 7.18. The molecule has 1 heterocycles. The summed E-state index contributed by atoms with van der Waals surface area (Å²) in [5.74, 6) is -0.812. The molecule has 0 bridgehead atoms. The highest BCUT2D eigenvalue weighted by Gasteiger charge is 2.40. The standard InChI is InChI=1S/C25H17Cl2N3O2S/c26-20-12-11-17(14-21(20)27)29-23(31)19(15-28)25-30(18-9-5-2-6-10-18)24(32)22(33-25)13-16-7-3-1-4-8-16/h1-12,14,22H,13H2,(H,29,31)/b25-19-. The van der Waals surface area contributed by atoms with Crippen molar-refractivity contribution in [1.82, 2.24) is 0 Å². The number of halogens is 2. The van der Waals surface area contributed by atoms with E-state index in [9.17, 15) is 14.9 Å². The zero-order valence-corrected chi connectivity index (χ0v) is 19.5. The first-order chi connectivity index (χ1) is 16.0. The summed E-state index contributed by atoms with van der Waals surface area (Å²) in [5, 5.41) is 13.0. The summed E-state index contributed by atoms with van der Waals surface area (Å²) in [7, 11) is 0. The van der Waals surface area contributed by atoms with Crippen LogP contribution in [0.15, 0.2) is 89.5 Å². The lowest BCUT2D eigenvalue weighted by atomic mass is 10.1. The van der Waals surface area contributed by atoms with Gasteiger partial charge >= 0.3 is 0 Å². The highest BCUT2D eigenvalue weighted by molar-refractivity contribution is 8.05. The molecule has 3 aromatic carbocycles. The molecule has 164 valence electrons. The third kappa shape index (κ3) is 5.07. The van der Waals surface area contributed by atoms with Gasteiger partial charge in [-0.25, -0.2) is 0 Å². The quantitative estimate of drug-likeness (QED) is 0.346. The molecule has 0 saturated carbocycles. The maximum atomic E-state index is 13.4. The van der Waals surface area contributed by atoms with Crippen LogP contribution in [0.1, 0.15) is 5.56 Å². The van der Waals surface area contributed by atoms with Gasteiger partial charge in [-0.1, -0.05) is 83.5 Å². The Balaban J connectivity index is 1.71. The van der Waals surface area contributed by atoms with Crippen molar-refractivity contribution < 1.29 is 9.59 Å². The van der Waals surface area contributed by atoms with Crippen LogP contribution < -0.4 is 10.2 Å². The third-order valence-electron chi connectivity index (χ3n) is 4.96. The molecule has 33 heavy (non-hydrogen) atoms. The Labute approximate surface area is 205 Å². The largest absolute Gasteiger partial charge is 0.321 e. The molecule has 1 N–H and O–H groups in total. The number of rotatable bonds is 5. The average Bonchev–Trinajstić information content (AvgIpc) is 3.13. The predicted octanol–water partition coefficient (Wildman–Crippen LogP) is 6.06.